The summed E-state index contributed by atoms with van der Waals surface area (Å²) in [6, 6.07) is 0. The molecule has 6 heteroatoms. The summed E-state index contributed by atoms with van der Waals surface area (Å²) in [5.41, 5.74) is 0.422. The molecule has 0 aliphatic rings. The Bertz CT molecular complexity index is 500. The fourth-order valence-corrected chi connectivity index (χ4v) is 1.17. The molecule has 1 aromatic rings. The van der Waals surface area contributed by atoms with Gasteiger partial charge in [-0.25, -0.2) is 4.98 Å². The van der Waals surface area contributed by atoms with Gasteiger partial charge in [-0.1, -0.05) is 5.92 Å². The molecular weight excluding hydrogens is 212 g/mol. The lowest BCUT2D eigenvalue weighted by Gasteiger charge is -2.04. The zero-order chi connectivity index (χ0) is 12.1. The van der Waals surface area contributed by atoms with Gasteiger partial charge in [0.2, 0.25) is 0 Å². The van der Waals surface area contributed by atoms with E-state index in [1.54, 1.807) is 0 Å². The molecule has 16 heavy (non-hydrogen) atoms. The number of aldehydes is 1. The minimum absolute atomic E-state index is 0.0702. The van der Waals surface area contributed by atoms with Crippen molar-refractivity contribution in [1.29, 1.82) is 0 Å². The molecule has 6 nitrogen and oxygen atoms in total. The van der Waals surface area contributed by atoms with Crippen molar-refractivity contribution in [3.63, 3.8) is 0 Å². The normalized spacial score (nSPS) is 8.88. The Morgan fingerprint density at radius 3 is 2.81 bits per heavy atom. The van der Waals surface area contributed by atoms with Crippen LogP contribution in [-0.2, 0) is 4.79 Å². The third-order valence-corrected chi connectivity index (χ3v) is 1.91. The summed E-state index contributed by atoms with van der Waals surface area (Å²) in [5.74, 6) is 4.57. The van der Waals surface area contributed by atoms with E-state index < -0.39 is 4.92 Å². The second-order valence-corrected chi connectivity index (χ2v) is 2.80. The first-order valence-electron chi connectivity index (χ1n) is 4.25. The highest BCUT2D eigenvalue weighted by molar-refractivity contribution is 5.74. The van der Waals surface area contributed by atoms with Gasteiger partial charge in [0, 0.05) is 11.8 Å². The van der Waals surface area contributed by atoms with Gasteiger partial charge in [0.25, 0.3) is 5.88 Å². The number of carbonyl (C=O) groups is 1. The third-order valence-electron chi connectivity index (χ3n) is 1.91. The number of hydrogen-bond acceptors (Lipinski definition) is 5. The summed E-state index contributed by atoms with van der Waals surface area (Å²) in [4.78, 5) is 24.0. The molecule has 0 saturated heterocycles. The molecular formula is C10H8N2O4. The average Bonchev–Trinajstić information content (AvgIpc) is 2.26. The minimum atomic E-state index is -0.590. The van der Waals surface area contributed by atoms with Gasteiger partial charge in [-0.3, -0.25) is 14.9 Å². The Labute approximate surface area is 91.4 Å². The van der Waals surface area contributed by atoms with Crippen LogP contribution in [0.1, 0.15) is 11.1 Å². The van der Waals surface area contributed by atoms with Crippen LogP contribution < -0.4 is 4.74 Å². The van der Waals surface area contributed by atoms with E-state index in [4.69, 9.17) is 4.74 Å². The SMILES string of the molecule is COc1ncc(C#CC=O)c(C)c1[N+](=O)[O-]. The highest BCUT2D eigenvalue weighted by Gasteiger charge is 2.21. The number of aromatic nitrogens is 1. The first kappa shape index (κ1) is 11.7. The van der Waals surface area contributed by atoms with Crippen LogP contribution in [-0.4, -0.2) is 23.3 Å². The Morgan fingerprint density at radius 1 is 1.62 bits per heavy atom. The molecule has 0 atom stereocenters. The van der Waals surface area contributed by atoms with Crippen LogP contribution in [0.4, 0.5) is 5.69 Å². The van der Waals surface area contributed by atoms with Gasteiger partial charge in [-0.15, -0.1) is 0 Å². The van der Waals surface area contributed by atoms with Crippen molar-refractivity contribution in [1.82, 2.24) is 4.98 Å². The molecule has 0 unspecified atom stereocenters. The van der Waals surface area contributed by atoms with Gasteiger partial charge in [-0.2, -0.15) is 0 Å². The number of ether oxygens (including phenoxy) is 1. The van der Waals surface area contributed by atoms with Gasteiger partial charge in [0.15, 0.2) is 6.29 Å². The second-order valence-electron chi connectivity index (χ2n) is 2.80. The summed E-state index contributed by atoms with van der Waals surface area (Å²) in [7, 11) is 1.30. The number of nitro groups is 1. The lowest BCUT2D eigenvalue weighted by molar-refractivity contribution is -0.386. The van der Waals surface area contributed by atoms with Crippen molar-refractivity contribution in [3.05, 3.63) is 27.4 Å². The maximum Gasteiger partial charge on any atom is 0.335 e. The van der Waals surface area contributed by atoms with Crippen LogP contribution in [0.25, 0.3) is 0 Å². The molecule has 82 valence electrons. The second kappa shape index (κ2) is 4.89. The molecule has 1 heterocycles. The van der Waals surface area contributed by atoms with Crippen molar-refractivity contribution in [3.8, 4) is 17.7 Å². The number of rotatable bonds is 2. The van der Waals surface area contributed by atoms with Gasteiger partial charge >= 0.3 is 5.69 Å². The van der Waals surface area contributed by atoms with Crippen LogP contribution >= 0.6 is 0 Å². The van der Waals surface area contributed by atoms with Crippen LogP contribution in [0.5, 0.6) is 5.88 Å². The predicted octanol–water partition coefficient (Wildman–Crippen LogP) is 0.857. The molecule has 0 amide bonds. The number of methoxy groups -OCH3 is 1. The molecule has 0 aromatic carbocycles. The fraction of sp³-hybridized carbons (Fsp3) is 0.200. The van der Waals surface area contributed by atoms with Crippen LogP contribution in [0.2, 0.25) is 0 Å². The van der Waals surface area contributed by atoms with Crippen molar-refractivity contribution in [2.75, 3.05) is 7.11 Å². The molecule has 0 aliphatic carbocycles. The van der Waals surface area contributed by atoms with Gasteiger partial charge in [0.05, 0.1) is 17.6 Å². The number of carbonyl (C=O) groups excluding carboxylic acids is 1. The van der Waals surface area contributed by atoms with E-state index in [1.165, 1.54) is 20.2 Å². The van der Waals surface area contributed by atoms with Crippen molar-refractivity contribution < 1.29 is 14.5 Å². The van der Waals surface area contributed by atoms with Crippen molar-refractivity contribution in [2.45, 2.75) is 6.92 Å². The largest absolute Gasteiger partial charge is 0.476 e. The molecule has 0 fully saturated rings. The van der Waals surface area contributed by atoms with Crippen LogP contribution in [0.3, 0.4) is 0 Å². The Morgan fingerprint density at radius 2 is 2.31 bits per heavy atom. The van der Waals surface area contributed by atoms with Crippen LogP contribution in [0, 0.1) is 28.9 Å². The number of hydrogen-bond donors (Lipinski definition) is 0. The summed E-state index contributed by atoms with van der Waals surface area (Å²) < 4.78 is 4.78. The smallest absolute Gasteiger partial charge is 0.335 e. The molecule has 0 aliphatic heterocycles. The molecule has 0 N–H and O–H groups in total. The monoisotopic (exact) mass is 220 g/mol. The maximum atomic E-state index is 10.8. The van der Waals surface area contributed by atoms with Crippen molar-refractivity contribution >= 4 is 12.0 Å². The van der Waals surface area contributed by atoms with Gasteiger partial charge in [0.1, 0.15) is 0 Å². The third kappa shape index (κ3) is 2.15. The molecule has 0 radical (unpaired) electrons. The first-order chi connectivity index (χ1) is 7.61. The molecule has 1 aromatic heterocycles. The average molecular weight is 220 g/mol. The highest BCUT2D eigenvalue weighted by Crippen LogP contribution is 2.29. The Hall–Kier alpha value is -2.42. The lowest BCUT2D eigenvalue weighted by Crippen LogP contribution is -2.00. The topological polar surface area (TPSA) is 82.3 Å². The summed E-state index contributed by atoms with van der Waals surface area (Å²) in [6.45, 7) is 1.52. The standard InChI is InChI=1S/C10H8N2O4/c1-7-8(4-3-5-13)6-11-10(16-2)9(7)12(14)15/h5-6H,1-2H3. The van der Waals surface area contributed by atoms with E-state index in [0.717, 1.165) is 0 Å². The fourth-order valence-electron chi connectivity index (χ4n) is 1.17. The zero-order valence-corrected chi connectivity index (χ0v) is 8.68. The van der Waals surface area contributed by atoms with Gasteiger partial charge < -0.3 is 4.74 Å². The molecule has 0 bridgehead atoms. The summed E-state index contributed by atoms with van der Waals surface area (Å²) in [5, 5.41) is 10.8. The first-order valence-corrected chi connectivity index (χ1v) is 4.25. The molecule has 0 saturated carbocycles. The number of pyridine rings is 1. The predicted molar refractivity (Wildman–Crippen MR) is 55.1 cm³/mol. The van der Waals surface area contributed by atoms with Crippen molar-refractivity contribution in [2.24, 2.45) is 0 Å². The molecule has 1 rings (SSSR count). The zero-order valence-electron chi connectivity index (χ0n) is 8.68. The number of nitrogens with zero attached hydrogens (tertiary/aromatic N) is 2. The molecule has 0 spiro atoms. The maximum absolute atomic E-state index is 10.8. The quantitative estimate of drug-likeness (QED) is 0.319. The van der Waals surface area contributed by atoms with E-state index in [1.807, 2.05) is 0 Å². The van der Waals surface area contributed by atoms with E-state index in [-0.39, 0.29) is 11.6 Å². The van der Waals surface area contributed by atoms with Gasteiger partial charge in [-0.05, 0) is 12.8 Å². The Balaban J connectivity index is 3.43. The lowest BCUT2D eigenvalue weighted by atomic mass is 10.1. The van der Waals surface area contributed by atoms with E-state index in [2.05, 4.69) is 16.8 Å². The van der Waals surface area contributed by atoms with E-state index in [0.29, 0.717) is 17.4 Å². The van der Waals surface area contributed by atoms with E-state index >= 15 is 0 Å². The van der Waals surface area contributed by atoms with E-state index in [9.17, 15) is 14.9 Å². The van der Waals surface area contributed by atoms with Crippen LogP contribution in [0.15, 0.2) is 6.20 Å². The summed E-state index contributed by atoms with van der Waals surface area (Å²) >= 11 is 0. The minimum Gasteiger partial charge on any atom is -0.476 e. The highest BCUT2D eigenvalue weighted by atomic mass is 16.6. The summed E-state index contributed by atoms with van der Waals surface area (Å²) in [6.07, 6.45) is 1.74. The Kier molecular flexibility index (Phi) is 3.56.